The molecule has 1 fully saturated rings. The molecular formula is C26H25N5O3. The highest BCUT2D eigenvalue weighted by Gasteiger charge is 2.30. The molecular weight excluding hydrogens is 430 g/mol. The largest absolute Gasteiger partial charge is 0.356 e. The lowest BCUT2D eigenvalue weighted by Gasteiger charge is -2.35. The van der Waals surface area contributed by atoms with Crippen molar-refractivity contribution >= 4 is 11.8 Å². The second kappa shape index (κ2) is 8.62. The van der Waals surface area contributed by atoms with Gasteiger partial charge in [-0.05, 0) is 31.2 Å². The van der Waals surface area contributed by atoms with Crippen LogP contribution >= 0.6 is 0 Å². The average Bonchev–Trinajstić information content (AvgIpc) is 3.20. The van der Waals surface area contributed by atoms with Crippen molar-refractivity contribution in [3.8, 4) is 16.9 Å². The Labute approximate surface area is 197 Å². The number of benzene rings is 2. The summed E-state index contributed by atoms with van der Waals surface area (Å²) in [7, 11) is 1.79. The minimum atomic E-state index is -0.264. The second-order valence-corrected chi connectivity index (χ2v) is 8.60. The van der Waals surface area contributed by atoms with Gasteiger partial charge in [0.15, 0.2) is 0 Å². The van der Waals surface area contributed by atoms with Crippen LogP contribution in [0.3, 0.4) is 0 Å². The summed E-state index contributed by atoms with van der Waals surface area (Å²) in [5.41, 5.74) is 3.29. The minimum Gasteiger partial charge on any atom is -0.356 e. The first-order valence-electron chi connectivity index (χ1n) is 11.2. The lowest BCUT2D eigenvalue weighted by Crippen LogP contribution is -2.50. The van der Waals surface area contributed by atoms with Crippen molar-refractivity contribution in [3.05, 3.63) is 94.0 Å². The van der Waals surface area contributed by atoms with Crippen LogP contribution in [0, 0.1) is 6.92 Å². The van der Waals surface area contributed by atoms with Crippen molar-refractivity contribution < 1.29 is 9.59 Å². The van der Waals surface area contributed by atoms with E-state index in [1.807, 2.05) is 49.4 Å². The first-order valence-corrected chi connectivity index (χ1v) is 11.2. The Kier molecular flexibility index (Phi) is 5.49. The van der Waals surface area contributed by atoms with Crippen molar-refractivity contribution in [1.29, 1.82) is 0 Å². The summed E-state index contributed by atoms with van der Waals surface area (Å²) >= 11 is 0. The predicted octanol–water partition coefficient (Wildman–Crippen LogP) is 2.58. The number of aromatic nitrogens is 3. The number of pyridine rings is 1. The molecule has 0 aromatic heterocycles. The number of hydrogen-bond donors (Lipinski definition) is 0. The summed E-state index contributed by atoms with van der Waals surface area (Å²) < 4.78 is 3.05. The monoisotopic (exact) mass is 455 g/mol. The van der Waals surface area contributed by atoms with Gasteiger partial charge in [0.05, 0.1) is 16.8 Å². The van der Waals surface area contributed by atoms with Gasteiger partial charge >= 0.3 is 0 Å². The van der Waals surface area contributed by atoms with Crippen molar-refractivity contribution in [2.24, 2.45) is 7.05 Å². The average molecular weight is 456 g/mol. The van der Waals surface area contributed by atoms with E-state index in [0.29, 0.717) is 54.3 Å². The Morgan fingerprint density at radius 2 is 1.44 bits per heavy atom. The van der Waals surface area contributed by atoms with Crippen LogP contribution in [0.2, 0.25) is 0 Å². The van der Waals surface area contributed by atoms with Crippen LogP contribution < -0.4 is 5.56 Å². The molecule has 3 aliphatic rings. The molecule has 0 bridgehead atoms. The third-order valence-corrected chi connectivity index (χ3v) is 6.18. The fourth-order valence-corrected chi connectivity index (χ4v) is 4.30. The summed E-state index contributed by atoms with van der Waals surface area (Å²) in [5.74, 6) is -0.223. The number of hydrogen-bond acceptors (Lipinski definition) is 4. The summed E-state index contributed by atoms with van der Waals surface area (Å²) in [4.78, 5) is 42.8. The van der Waals surface area contributed by atoms with Gasteiger partial charge in [-0.25, -0.2) is 0 Å². The summed E-state index contributed by atoms with van der Waals surface area (Å²) in [6.07, 6.45) is 3.40. The molecule has 3 heterocycles. The molecule has 0 aliphatic carbocycles. The topological polar surface area (TPSA) is 80.4 Å². The van der Waals surface area contributed by atoms with E-state index in [1.165, 1.54) is 4.68 Å². The third kappa shape index (κ3) is 3.87. The van der Waals surface area contributed by atoms with Crippen LogP contribution in [0.4, 0.5) is 0 Å². The number of piperazine rings is 1. The highest BCUT2D eigenvalue weighted by atomic mass is 16.2. The zero-order valence-electron chi connectivity index (χ0n) is 19.1. The number of para-hydroxylation sites is 1. The van der Waals surface area contributed by atoms with E-state index in [4.69, 9.17) is 0 Å². The van der Waals surface area contributed by atoms with Gasteiger partial charge in [-0.2, -0.15) is 9.78 Å². The zero-order valence-corrected chi connectivity index (χ0v) is 19.1. The Hall–Kier alpha value is -4.20. The highest BCUT2D eigenvalue weighted by molar-refractivity contribution is 6.00. The van der Waals surface area contributed by atoms with Gasteiger partial charge in [0.2, 0.25) is 0 Å². The van der Waals surface area contributed by atoms with Crippen molar-refractivity contribution in [2.45, 2.75) is 6.92 Å². The maximum Gasteiger partial charge on any atom is 0.282 e. The molecule has 2 aromatic carbocycles. The Morgan fingerprint density at radius 3 is 2.09 bits per heavy atom. The standard InChI is InChI=1S/C26H25N5O3/c1-18-8-10-19(11-9-18)24(32)29-12-14-30(15-13-29)25(33)21-16-28(2)17-22-23(21)27-31(26(22)34)20-6-4-3-5-7-20/h3-11,16-17H,12-15H2,1-2H3. The molecule has 2 aromatic rings. The van der Waals surface area contributed by atoms with Crippen LogP contribution in [0.5, 0.6) is 0 Å². The summed E-state index contributed by atoms with van der Waals surface area (Å²) in [6, 6.07) is 16.7. The molecule has 0 saturated carbocycles. The van der Waals surface area contributed by atoms with Gasteiger partial charge in [-0.1, -0.05) is 35.9 Å². The van der Waals surface area contributed by atoms with Crippen LogP contribution in [0.15, 0.2) is 71.8 Å². The molecule has 1 saturated heterocycles. The summed E-state index contributed by atoms with van der Waals surface area (Å²) in [5, 5.41) is 4.51. The summed E-state index contributed by atoms with van der Waals surface area (Å²) in [6.45, 7) is 3.72. The van der Waals surface area contributed by atoms with Crippen LogP contribution in [-0.4, -0.2) is 62.1 Å². The lowest BCUT2D eigenvalue weighted by molar-refractivity contribution is 0.0535. The van der Waals surface area contributed by atoms with E-state index in [0.717, 1.165) is 5.56 Å². The Morgan fingerprint density at radius 1 is 0.824 bits per heavy atom. The molecule has 0 spiro atoms. The van der Waals surface area contributed by atoms with Gasteiger partial charge in [-0.15, -0.1) is 0 Å². The van der Waals surface area contributed by atoms with Crippen molar-refractivity contribution in [1.82, 2.24) is 24.1 Å². The van der Waals surface area contributed by atoms with Crippen molar-refractivity contribution in [3.63, 3.8) is 0 Å². The molecule has 5 rings (SSSR count). The van der Waals surface area contributed by atoms with E-state index in [1.54, 1.807) is 45.9 Å². The molecule has 172 valence electrons. The van der Waals surface area contributed by atoms with Crippen LogP contribution in [0.1, 0.15) is 26.3 Å². The minimum absolute atomic E-state index is 0.0294. The van der Waals surface area contributed by atoms with E-state index >= 15 is 0 Å². The van der Waals surface area contributed by atoms with E-state index < -0.39 is 0 Å². The van der Waals surface area contributed by atoms with Gasteiger partial charge in [0.1, 0.15) is 5.69 Å². The second-order valence-electron chi connectivity index (χ2n) is 8.60. The third-order valence-electron chi connectivity index (χ3n) is 6.18. The predicted molar refractivity (Wildman–Crippen MR) is 128 cm³/mol. The molecule has 2 amide bonds. The maximum atomic E-state index is 13.5. The number of nitrogens with zero attached hydrogens (tertiary/aromatic N) is 5. The number of rotatable bonds is 3. The lowest BCUT2D eigenvalue weighted by atomic mass is 10.1. The molecule has 0 atom stereocenters. The SMILES string of the molecule is Cc1ccc(C(=O)N2CCN(C(=O)c3cn(C)cc4c(=O)n(-c5ccccc5)nc3-4)CC2)cc1. The number of carbonyl (C=O) groups excluding carboxylic acids is 2. The molecule has 8 heteroatoms. The number of aryl methyl sites for hydroxylation is 2. The Bertz CT molecular complexity index is 1380. The zero-order chi connectivity index (χ0) is 23.8. The number of amides is 2. The molecule has 0 radical (unpaired) electrons. The first-order chi connectivity index (χ1) is 16.4. The van der Waals surface area contributed by atoms with Crippen molar-refractivity contribution in [2.75, 3.05) is 26.2 Å². The molecule has 0 N–H and O–H groups in total. The first kappa shape index (κ1) is 21.6. The molecule has 0 unspecified atom stereocenters. The van der Waals surface area contributed by atoms with E-state index in [2.05, 4.69) is 5.10 Å². The smallest absolute Gasteiger partial charge is 0.282 e. The van der Waals surface area contributed by atoms with Crippen LogP contribution in [0.25, 0.3) is 16.9 Å². The van der Waals surface area contributed by atoms with Gasteiger partial charge in [0.25, 0.3) is 17.4 Å². The van der Waals surface area contributed by atoms with E-state index in [-0.39, 0.29) is 17.4 Å². The van der Waals surface area contributed by atoms with Crippen LogP contribution in [-0.2, 0) is 7.05 Å². The van der Waals surface area contributed by atoms with Gasteiger partial charge in [0, 0.05) is 51.2 Å². The highest BCUT2D eigenvalue weighted by Crippen LogP contribution is 2.24. The van der Waals surface area contributed by atoms with Gasteiger partial charge < -0.3 is 14.4 Å². The quantitative estimate of drug-likeness (QED) is 0.476. The maximum absolute atomic E-state index is 13.5. The fourth-order valence-electron chi connectivity index (χ4n) is 4.30. The van der Waals surface area contributed by atoms with Gasteiger partial charge in [-0.3, -0.25) is 14.4 Å². The molecule has 3 aliphatic heterocycles. The number of fused-ring (bicyclic) bond motifs is 1. The molecule has 8 nitrogen and oxygen atoms in total. The Balaban J connectivity index is 1.38. The van der Waals surface area contributed by atoms with E-state index in [9.17, 15) is 14.4 Å². The molecule has 34 heavy (non-hydrogen) atoms. The fraction of sp³-hybridized carbons (Fsp3) is 0.231. The number of carbonyl (C=O) groups is 2. The normalized spacial score (nSPS) is 13.9.